The lowest BCUT2D eigenvalue weighted by Gasteiger charge is -2.18. The molecule has 1 aliphatic heterocycles. The molecule has 6 heteroatoms. The molecule has 1 aromatic carbocycles. The van der Waals surface area contributed by atoms with E-state index in [1.165, 1.54) is 5.01 Å². The number of hydrogen-bond acceptors (Lipinski definition) is 4. The number of nitrogens with zero attached hydrogens (tertiary/aromatic N) is 3. The molecule has 0 spiro atoms. The zero-order valence-corrected chi connectivity index (χ0v) is 15.2. The summed E-state index contributed by atoms with van der Waals surface area (Å²) >= 11 is 0. The van der Waals surface area contributed by atoms with Gasteiger partial charge in [0.2, 0.25) is 11.8 Å². The Bertz CT molecular complexity index is 597. The molecule has 1 N–H and O–H groups in total. The van der Waals surface area contributed by atoms with Crippen molar-refractivity contribution in [2.45, 2.75) is 33.1 Å². The molecule has 0 saturated carbocycles. The van der Waals surface area contributed by atoms with Gasteiger partial charge in [0.15, 0.2) is 0 Å². The number of carbonyl (C=O) groups excluding carboxylic acids is 2. The molecule has 0 saturated heterocycles. The van der Waals surface area contributed by atoms with Gasteiger partial charge in [0.05, 0.1) is 12.3 Å². The van der Waals surface area contributed by atoms with E-state index in [-0.39, 0.29) is 24.7 Å². The van der Waals surface area contributed by atoms with Crippen molar-refractivity contribution in [2.75, 3.05) is 32.7 Å². The molecule has 1 aliphatic rings. The predicted molar refractivity (Wildman–Crippen MR) is 99.3 cm³/mol. The number of amides is 2. The first-order valence-electron chi connectivity index (χ1n) is 9.06. The van der Waals surface area contributed by atoms with Crippen molar-refractivity contribution in [2.24, 2.45) is 5.10 Å². The van der Waals surface area contributed by atoms with Crippen LogP contribution >= 0.6 is 0 Å². The van der Waals surface area contributed by atoms with E-state index in [9.17, 15) is 9.59 Å². The highest BCUT2D eigenvalue weighted by Crippen LogP contribution is 2.14. The average Bonchev–Trinajstić information content (AvgIpc) is 3.14. The van der Waals surface area contributed by atoms with Gasteiger partial charge in [-0.2, -0.15) is 5.10 Å². The molecule has 0 aliphatic carbocycles. The maximum atomic E-state index is 12.2. The first-order valence-corrected chi connectivity index (χ1v) is 9.06. The van der Waals surface area contributed by atoms with Crippen molar-refractivity contribution in [1.29, 1.82) is 0 Å². The molecule has 2 amide bonds. The second-order valence-electron chi connectivity index (χ2n) is 6.06. The lowest BCUT2D eigenvalue weighted by Crippen LogP contribution is -2.35. The Morgan fingerprint density at radius 1 is 1.16 bits per heavy atom. The summed E-state index contributed by atoms with van der Waals surface area (Å²) in [4.78, 5) is 26.3. The lowest BCUT2D eigenvalue weighted by atomic mass is 10.1. The first kappa shape index (κ1) is 19.1. The summed E-state index contributed by atoms with van der Waals surface area (Å²) in [6, 6.07) is 9.88. The fraction of sp³-hybridized carbons (Fsp3) is 0.526. The Morgan fingerprint density at radius 3 is 2.56 bits per heavy atom. The first-order chi connectivity index (χ1) is 12.1. The second-order valence-corrected chi connectivity index (χ2v) is 6.06. The van der Waals surface area contributed by atoms with Gasteiger partial charge in [-0.05, 0) is 18.7 Å². The smallest absolute Gasteiger partial charge is 0.243 e. The number of likely N-dealkylation sites (N-methyl/N-ethyl adjacent to an activating group) is 1. The second kappa shape index (κ2) is 9.93. The fourth-order valence-corrected chi connectivity index (χ4v) is 2.80. The minimum absolute atomic E-state index is 0.0769. The standard InChI is InChI=1S/C19H28N4O2/c1-3-22(4-2)15-13-20-18(24)10-11-19(25)23-14-12-17(21-23)16-8-6-5-7-9-16/h5-9H,3-4,10-15H2,1-2H3,(H,20,24). The van der Waals surface area contributed by atoms with Crippen molar-refractivity contribution in [3.05, 3.63) is 35.9 Å². The minimum atomic E-state index is -0.0928. The van der Waals surface area contributed by atoms with Crippen LogP contribution in [0.4, 0.5) is 0 Å². The maximum Gasteiger partial charge on any atom is 0.243 e. The number of carbonyl (C=O) groups is 2. The zero-order valence-electron chi connectivity index (χ0n) is 15.2. The van der Waals surface area contributed by atoms with E-state index in [1.54, 1.807) is 0 Å². The van der Waals surface area contributed by atoms with Gasteiger partial charge in [-0.1, -0.05) is 44.2 Å². The molecule has 0 unspecified atom stereocenters. The summed E-state index contributed by atoms with van der Waals surface area (Å²) in [5, 5.41) is 8.77. The SMILES string of the molecule is CCN(CC)CCNC(=O)CCC(=O)N1CCC(c2ccccc2)=N1. The van der Waals surface area contributed by atoms with Crippen LogP contribution in [0.15, 0.2) is 35.4 Å². The number of nitrogens with one attached hydrogen (secondary N) is 1. The molecular weight excluding hydrogens is 316 g/mol. The number of hydrazone groups is 1. The van der Waals surface area contributed by atoms with Gasteiger partial charge in [0.25, 0.3) is 0 Å². The van der Waals surface area contributed by atoms with E-state index in [2.05, 4.69) is 29.2 Å². The topological polar surface area (TPSA) is 65.0 Å². The van der Waals surface area contributed by atoms with E-state index in [0.717, 1.165) is 37.3 Å². The van der Waals surface area contributed by atoms with Gasteiger partial charge >= 0.3 is 0 Å². The van der Waals surface area contributed by atoms with Crippen molar-refractivity contribution in [3.8, 4) is 0 Å². The molecule has 0 fully saturated rings. The highest BCUT2D eigenvalue weighted by Gasteiger charge is 2.21. The van der Waals surface area contributed by atoms with Crippen LogP contribution in [0.1, 0.15) is 38.7 Å². The number of benzene rings is 1. The third-order valence-electron chi connectivity index (χ3n) is 4.41. The summed E-state index contributed by atoms with van der Waals surface area (Å²) < 4.78 is 0. The molecule has 136 valence electrons. The molecule has 0 bridgehead atoms. The van der Waals surface area contributed by atoms with Crippen molar-refractivity contribution in [1.82, 2.24) is 15.2 Å². The van der Waals surface area contributed by atoms with E-state index in [0.29, 0.717) is 13.1 Å². The van der Waals surface area contributed by atoms with Gasteiger partial charge in [-0.25, -0.2) is 5.01 Å². The molecule has 25 heavy (non-hydrogen) atoms. The minimum Gasteiger partial charge on any atom is -0.355 e. The number of rotatable bonds is 9. The monoisotopic (exact) mass is 344 g/mol. The summed E-state index contributed by atoms with van der Waals surface area (Å²) in [5.74, 6) is -0.170. The lowest BCUT2D eigenvalue weighted by molar-refractivity contribution is -0.133. The maximum absolute atomic E-state index is 12.2. The molecule has 0 radical (unpaired) electrons. The molecule has 6 nitrogen and oxygen atoms in total. The average molecular weight is 344 g/mol. The van der Waals surface area contributed by atoms with Crippen LogP contribution in [-0.2, 0) is 9.59 Å². The Labute approximate surface area is 149 Å². The summed E-state index contributed by atoms with van der Waals surface area (Å²) in [5.41, 5.74) is 1.98. The Morgan fingerprint density at radius 2 is 1.88 bits per heavy atom. The molecule has 2 rings (SSSR count). The highest BCUT2D eigenvalue weighted by atomic mass is 16.2. The Balaban J connectivity index is 1.72. The number of hydrogen-bond donors (Lipinski definition) is 1. The predicted octanol–water partition coefficient (Wildman–Crippen LogP) is 1.86. The molecule has 0 aromatic heterocycles. The van der Waals surface area contributed by atoms with Gasteiger partial charge < -0.3 is 10.2 Å². The summed E-state index contributed by atoms with van der Waals surface area (Å²) in [6.45, 7) is 8.20. The van der Waals surface area contributed by atoms with Crippen LogP contribution in [0, 0.1) is 0 Å². The van der Waals surface area contributed by atoms with Crippen LogP contribution < -0.4 is 5.32 Å². The third kappa shape index (κ3) is 5.98. The Hall–Kier alpha value is -2.21. The van der Waals surface area contributed by atoms with Gasteiger partial charge in [-0.15, -0.1) is 0 Å². The zero-order chi connectivity index (χ0) is 18.1. The van der Waals surface area contributed by atoms with Crippen LogP contribution in [0.3, 0.4) is 0 Å². The summed E-state index contributed by atoms with van der Waals surface area (Å²) in [6.07, 6.45) is 1.16. The van der Waals surface area contributed by atoms with Crippen LogP contribution in [0.25, 0.3) is 0 Å². The van der Waals surface area contributed by atoms with Crippen LogP contribution in [0.2, 0.25) is 0 Å². The normalized spacial score (nSPS) is 13.9. The van der Waals surface area contributed by atoms with Gasteiger partial charge in [0, 0.05) is 32.4 Å². The highest BCUT2D eigenvalue weighted by molar-refractivity contribution is 6.02. The van der Waals surface area contributed by atoms with Gasteiger partial charge in [0.1, 0.15) is 0 Å². The van der Waals surface area contributed by atoms with Crippen LogP contribution in [-0.4, -0.2) is 60.2 Å². The Kier molecular flexibility index (Phi) is 7.60. The molecule has 1 aromatic rings. The third-order valence-corrected chi connectivity index (χ3v) is 4.41. The van der Waals surface area contributed by atoms with Crippen LogP contribution in [0.5, 0.6) is 0 Å². The van der Waals surface area contributed by atoms with Gasteiger partial charge in [-0.3, -0.25) is 9.59 Å². The van der Waals surface area contributed by atoms with E-state index >= 15 is 0 Å². The molecular formula is C19H28N4O2. The fourth-order valence-electron chi connectivity index (χ4n) is 2.80. The largest absolute Gasteiger partial charge is 0.355 e. The van der Waals surface area contributed by atoms with E-state index < -0.39 is 0 Å². The van der Waals surface area contributed by atoms with Crippen molar-refractivity contribution < 1.29 is 9.59 Å². The van der Waals surface area contributed by atoms with E-state index in [4.69, 9.17) is 0 Å². The molecule has 1 heterocycles. The molecule has 0 atom stereocenters. The van der Waals surface area contributed by atoms with Crippen molar-refractivity contribution >= 4 is 17.5 Å². The summed E-state index contributed by atoms with van der Waals surface area (Å²) in [7, 11) is 0. The van der Waals surface area contributed by atoms with E-state index in [1.807, 2.05) is 30.3 Å². The van der Waals surface area contributed by atoms with Crippen molar-refractivity contribution in [3.63, 3.8) is 0 Å². The quantitative estimate of drug-likeness (QED) is 0.744.